The second-order valence-electron chi connectivity index (χ2n) is 6.05. The van der Waals surface area contributed by atoms with Crippen LogP contribution in [-0.2, 0) is 0 Å². The Balaban J connectivity index is 1.94. The van der Waals surface area contributed by atoms with Gasteiger partial charge in [-0.1, -0.05) is 66.2 Å². The number of fused-ring (bicyclic) bond motifs is 4. The molecule has 104 valence electrons. The first-order valence-corrected chi connectivity index (χ1v) is 7.64. The Bertz CT molecular complexity index is 1050. The van der Waals surface area contributed by atoms with E-state index in [0.29, 0.717) is 0 Å². The van der Waals surface area contributed by atoms with Crippen molar-refractivity contribution in [2.75, 3.05) is 5.32 Å². The quantitative estimate of drug-likeness (QED) is 0.365. The Labute approximate surface area is 129 Å². The molecule has 22 heavy (non-hydrogen) atoms. The Kier molecular flexibility index (Phi) is 2.21. The number of rotatable bonds is 0. The van der Waals surface area contributed by atoms with E-state index in [1.165, 1.54) is 49.6 Å². The minimum absolute atomic E-state index is 1.20. The molecule has 1 N–H and O–H groups in total. The second-order valence-corrected chi connectivity index (χ2v) is 6.05. The van der Waals surface area contributed by atoms with Crippen LogP contribution in [0.4, 0.5) is 11.4 Å². The number of hydrogen-bond acceptors (Lipinski definition) is 1. The van der Waals surface area contributed by atoms with E-state index in [1.54, 1.807) is 0 Å². The summed E-state index contributed by atoms with van der Waals surface area (Å²) in [6, 6.07) is 24.2. The highest BCUT2D eigenvalue weighted by Crippen LogP contribution is 2.46. The predicted octanol–water partition coefficient (Wildman–Crippen LogP) is 6.03. The highest BCUT2D eigenvalue weighted by atomic mass is 14.9. The fourth-order valence-electron chi connectivity index (χ4n) is 3.61. The second kappa shape index (κ2) is 4.11. The maximum atomic E-state index is 3.67. The Hall–Kier alpha value is -2.80. The van der Waals surface area contributed by atoms with E-state index in [0.717, 1.165) is 0 Å². The molecule has 0 radical (unpaired) electrons. The zero-order valence-corrected chi connectivity index (χ0v) is 12.4. The third-order valence-corrected chi connectivity index (χ3v) is 4.63. The van der Waals surface area contributed by atoms with Gasteiger partial charge in [0, 0.05) is 22.0 Å². The van der Waals surface area contributed by atoms with Crippen LogP contribution in [0.25, 0.3) is 32.7 Å². The fourth-order valence-corrected chi connectivity index (χ4v) is 3.61. The van der Waals surface area contributed by atoms with E-state index in [4.69, 9.17) is 0 Å². The van der Waals surface area contributed by atoms with Crippen LogP contribution in [0.5, 0.6) is 0 Å². The molecule has 4 aromatic carbocycles. The average Bonchev–Trinajstić information content (AvgIpc) is 2.55. The van der Waals surface area contributed by atoms with Crippen molar-refractivity contribution in [3.63, 3.8) is 0 Å². The third-order valence-electron chi connectivity index (χ3n) is 4.63. The van der Waals surface area contributed by atoms with E-state index in [9.17, 15) is 0 Å². The zero-order valence-electron chi connectivity index (χ0n) is 12.4. The SMILES string of the molecule is Cc1ccc2c3c(ccc2c1)-c1cccc2cccc(c12)N3. The highest BCUT2D eigenvalue weighted by Gasteiger charge is 2.19. The Morgan fingerprint density at radius 3 is 2.50 bits per heavy atom. The number of hydrogen-bond donors (Lipinski definition) is 1. The molecule has 0 aromatic heterocycles. The molecular formula is C21H15N. The fraction of sp³-hybridized carbons (Fsp3) is 0.0476. The van der Waals surface area contributed by atoms with Gasteiger partial charge in [0.2, 0.25) is 0 Å². The smallest absolute Gasteiger partial charge is 0.0543 e. The molecule has 1 heterocycles. The van der Waals surface area contributed by atoms with Gasteiger partial charge in [-0.15, -0.1) is 0 Å². The lowest BCUT2D eigenvalue weighted by atomic mass is 9.90. The number of anilines is 2. The molecule has 0 saturated heterocycles. The molecule has 0 fully saturated rings. The van der Waals surface area contributed by atoms with Crippen LogP contribution in [0.15, 0.2) is 66.7 Å². The van der Waals surface area contributed by atoms with Crippen LogP contribution in [0.3, 0.4) is 0 Å². The standard InChI is InChI=1S/C21H15N/c1-13-8-10-16-15(12-13)9-11-18-17-6-2-4-14-5-3-7-19(20(14)17)22-21(16)18/h2-12,22H,1H3. The van der Waals surface area contributed by atoms with Crippen molar-refractivity contribution in [3.05, 3.63) is 72.3 Å². The number of nitrogens with one attached hydrogen (secondary N) is 1. The predicted molar refractivity (Wildman–Crippen MR) is 94.9 cm³/mol. The molecule has 1 heteroatoms. The topological polar surface area (TPSA) is 12.0 Å². The van der Waals surface area contributed by atoms with Crippen molar-refractivity contribution in [1.82, 2.24) is 0 Å². The molecule has 1 aliphatic rings. The van der Waals surface area contributed by atoms with Gasteiger partial charge in [-0.25, -0.2) is 0 Å². The summed E-state index contributed by atoms with van der Waals surface area (Å²) in [5.74, 6) is 0. The maximum absolute atomic E-state index is 3.67. The first kappa shape index (κ1) is 11.8. The molecule has 0 amide bonds. The molecule has 4 aromatic rings. The van der Waals surface area contributed by atoms with E-state index >= 15 is 0 Å². The number of aryl methyl sites for hydroxylation is 1. The summed E-state index contributed by atoms with van der Waals surface area (Å²) in [4.78, 5) is 0. The van der Waals surface area contributed by atoms with Crippen LogP contribution in [0.1, 0.15) is 5.56 Å². The first-order valence-electron chi connectivity index (χ1n) is 7.64. The maximum Gasteiger partial charge on any atom is 0.0543 e. The summed E-state index contributed by atoms with van der Waals surface area (Å²) >= 11 is 0. The van der Waals surface area contributed by atoms with Crippen molar-refractivity contribution in [2.24, 2.45) is 0 Å². The summed E-state index contributed by atoms with van der Waals surface area (Å²) in [7, 11) is 0. The van der Waals surface area contributed by atoms with Crippen molar-refractivity contribution >= 4 is 32.9 Å². The lowest BCUT2D eigenvalue weighted by molar-refractivity contribution is 1.49. The van der Waals surface area contributed by atoms with Gasteiger partial charge in [0.1, 0.15) is 0 Å². The largest absolute Gasteiger partial charge is 0.354 e. The molecule has 1 nitrogen and oxygen atoms in total. The molecule has 1 aliphatic heterocycles. The Morgan fingerprint density at radius 2 is 1.59 bits per heavy atom. The van der Waals surface area contributed by atoms with E-state index in [1.807, 2.05) is 0 Å². The van der Waals surface area contributed by atoms with E-state index in [-0.39, 0.29) is 0 Å². The molecule has 0 spiro atoms. The van der Waals surface area contributed by atoms with Crippen molar-refractivity contribution in [3.8, 4) is 11.1 Å². The molecular weight excluding hydrogens is 266 g/mol. The average molecular weight is 281 g/mol. The van der Waals surface area contributed by atoms with Crippen LogP contribution < -0.4 is 5.32 Å². The van der Waals surface area contributed by atoms with Gasteiger partial charge in [0.25, 0.3) is 0 Å². The number of benzene rings is 4. The zero-order chi connectivity index (χ0) is 14.7. The van der Waals surface area contributed by atoms with Crippen molar-refractivity contribution in [1.29, 1.82) is 0 Å². The van der Waals surface area contributed by atoms with Gasteiger partial charge in [-0.2, -0.15) is 0 Å². The van der Waals surface area contributed by atoms with E-state index < -0.39 is 0 Å². The summed E-state index contributed by atoms with van der Waals surface area (Å²) in [6.45, 7) is 2.14. The van der Waals surface area contributed by atoms with Gasteiger partial charge in [0.15, 0.2) is 0 Å². The van der Waals surface area contributed by atoms with Crippen LogP contribution in [0.2, 0.25) is 0 Å². The van der Waals surface area contributed by atoms with Gasteiger partial charge in [-0.3, -0.25) is 0 Å². The Morgan fingerprint density at radius 1 is 0.727 bits per heavy atom. The molecule has 5 rings (SSSR count). The van der Waals surface area contributed by atoms with Gasteiger partial charge >= 0.3 is 0 Å². The van der Waals surface area contributed by atoms with E-state index in [2.05, 4.69) is 79.0 Å². The van der Waals surface area contributed by atoms with Crippen molar-refractivity contribution in [2.45, 2.75) is 6.92 Å². The minimum Gasteiger partial charge on any atom is -0.354 e. The van der Waals surface area contributed by atoms with Gasteiger partial charge in [0.05, 0.1) is 5.69 Å². The minimum atomic E-state index is 1.20. The molecule has 0 atom stereocenters. The van der Waals surface area contributed by atoms with Crippen LogP contribution in [-0.4, -0.2) is 0 Å². The molecule has 0 bridgehead atoms. The van der Waals surface area contributed by atoms with Gasteiger partial charge < -0.3 is 5.32 Å². The highest BCUT2D eigenvalue weighted by molar-refractivity contribution is 6.16. The molecule has 0 unspecified atom stereocenters. The lowest BCUT2D eigenvalue weighted by Crippen LogP contribution is -2.01. The monoisotopic (exact) mass is 281 g/mol. The summed E-state index contributed by atoms with van der Waals surface area (Å²) < 4.78 is 0. The lowest BCUT2D eigenvalue weighted by Gasteiger charge is -2.24. The van der Waals surface area contributed by atoms with Crippen molar-refractivity contribution < 1.29 is 0 Å². The van der Waals surface area contributed by atoms with Gasteiger partial charge in [-0.05, 0) is 29.3 Å². The third kappa shape index (κ3) is 1.48. The first-order chi connectivity index (χ1) is 10.8. The summed E-state index contributed by atoms with van der Waals surface area (Å²) in [6.07, 6.45) is 0. The van der Waals surface area contributed by atoms with Crippen LogP contribution >= 0.6 is 0 Å². The normalized spacial score (nSPS) is 12.2. The molecule has 0 saturated carbocycles. The summed E-state index contributed by atoms with van der Waals surface area (Å²) in [5, 5.41) is 8.86. The van der Waals surface area contributed by atoms with Crippen LogP contribution in [0, 0.1) is 6.92 Å². The summed E-state index contributed by atoms with van der Waals surface area (Å²) in [5.41, 5.74) is 6.34. The molecule has 0 aliphatic carbocycles.